The van der Waals surface area contributed by atoms with Gasteiger partial charge in [-0.25, -0.2) is 0 Å². The molecule has 0 fully saturated rings. The minimum Gasteiger partial charge on any atom is -0.451 e. The maximum Gasteiger partial charge on any atom is 0.291 e. The molecule has 5 heteroatoms. The minimum absolute atomic E-state index is 0.0350. The van der Waals surface area contributed by atoms with Gasteiger partial charge in [-0.2, -0.15) is 0 Å². The minimum atomic E-state index is -0.285. The van der Waals surface area contributed by atoms with Crippen molar-refractivity contribution in [1.29, 1.82) is 0 Å². The Kier molecular flexibility index (Phi) is 3.34. The number of nitrogens with zero attached hydrogens (tertiary/aromatic N) is 1. The molecule has 4 rings (SSSR count). The molecule has 1 aliphatic rings. The van der Waals surface area contributed by atoms with E-state index in [-0.39, 0.29) is 17.6 Å². The summed E-state index contributed by atoms with van der Waals surface area (Å²) in [5, 5.41) is 3.75. The number of carbonyl (C=O) groups excluding carboxylic acids is 2. The SMILES string of the molecule is CC(=O)N1CCc2cc(NC(=O)c3cc4ccccc4o3)ccc21. The molecule has 5 nitrogen and oxygen atoms in total. The lowest BCUT2D eigenvalue weighted by Crippen LogP contribution is -2.25. The molecule has 3 aromatic rings. The Morgan fingerprint density at radius 3 is 2.75 bits per heavy atom. The fourth-order valence-corrected chi connectivity index (χ4v) is 3.09. The second kappa shape index (κ2) is 5.53. The fourth-order valence-electron chi connectivity index (χ4n) is 3.09. The van der Waals surface area contributed by atoms with Crippen molar-refractivity contribution in [3.63, 3.8) is 0 Å². The molecule has 2 aromatic carbocycles. The summed E-state index contributed by atoms with van der Waals surface area (Å²) >= 11 is 0. The van der Waals surface area contributed by atoms with Crippen LogP contribution in [0.4, 0.5) is 11.4 Å². The zero-order valence-corrected chi connectivity index (χ0v) is 13.2. The van der Waals surface area contributed by atoms with Crippen LogP contribution in [-0.2, 0) is 11.2 Å². The largest absolute Gasteiger partial charge is 0.451 e. The van der Waals surface area contributed by atoms with E-state index in [4.69, 9.17) is 4.42 Å². The average molecular weight is 320 g/mol. The van der Waals surface area contributed by atoms with Crippen LogP contribution in [0.2, 0.25) is 0 Å². The van der Waals surface area contributed by atoms with Crippen LogP contribution in [0.5, 0.6) is 0 Å². The van der Waals surface area contributed by atoms with Crippen molar-refractivity contribution in [3.05, 3.63) is 59.9 Å². The normalized spacial score (nSPS) is 13.1. The summed E-state index contributed by atoms with van der Waals surface area (Å²) in [5.41, 5.74) is 3.37. The molecule has 0 saturated heterocycles. The molecule has 0 radical (unpaired) electrons. The number of hydrogen-bond donors (Lipinski definition) is 1. The predicted octanol–water partition coefficient (Wildman–Crippen LogP) is 3.59. The Bertz CT molecular complexity index is 925. The summed E-state index contributed by atoms with van der Waals surface area (Å²) in [5.74, 6) is 0.0300. The van der Waals surface area contributed by atoms with Gasteiger partial charge in [0.05, 0.1) is 0 Å². The number of fused-ring (bicyclic) bond motifs is 2. The van der Waals surface area contributed by atoms with Gasteiger partial charge in [0.25, 0.3) is 5.91 Å². The number of anilines is 2. The first-order valence-electron chi connectivity index (χ1n) is 7.83. The first kappa shape index (κ1) is 14.5. The summed E-state index contributed by atoms with van der Waals surface area (Å²) in [7, 11) is 0. The lowest BCUT2D eigenvalue weighted by molar-refractivity contribution is -0.116. The molecule has 0 bridgehead atoms. The van der Waals surface area contributed by atoms with Gasteiger partial charge in [0.1, 0.15) is 5.58 Å². The summed E-state index contributed by atoms with van der Waals surface area (Å²) < 4.78 is 5.58. The molecule has 0 unspecified atom stereocenters. The van der Waals surface area contributed by atoms with Crippen molar-refractivity contribution < 1.29 is 14.0 Å². The van der Waals surface area contributed by atoms with Crippen LogP contribution in [0.1, 0.15) is 23.0 Å². The van der Waals surface area contributed by atoms with E-state index in [1.165, 1.54) is 0 Å². The molecule has 0 spiro atoms. The molecule has 2 heterocycles. The quantitative estimate of drug-likeness (QED) is 0.785. The first-order valence-corrected chi connectivity index (χ1v) is 7.83. The van der Waals surface area contributed by atoms with Crippen LogP contribution < -0.4 is 10.2 Å². The van der Waals surface area contributed by atoms with Gasteiger partial charge in [0.15, 0.2) is 5.76 Å². The van der Waals surface area contributed by atoms with Crippen LogP contribution in [0.25, 0.3) is 11.0 Å². The number of nitrogens with one attached hydrogen (secondary N) is 1. The molecular formula is C19H16N2O3. The topological polar surface area (TPSA) is 62.6 Å². The fraction of sp³-hybridized carbons (Fsp3) is 0.158. The van der Waals surface area contributed by atoms with Gasteiger partial charge < -0.3 is 14.6 Å². The number of para-hydroxylation sites is 1. The zero-order chi connectivity index (χ0) is 16.7. The van der Waals surface area contributed by atoms with Gasteiger partial charge in [-0.15, -0.1) is 0 Å². The van der Waals surface area contributed by atoms with Crippen LogP contribution in [0.15, 0.2) is 52.9 Å². The van der Waals surface area contributed by atoms with E-state index < -0.39 is 0 Å². The molecule has 120 valence electrons. The molecule has 24 heavy (non-hydrogen) atoms. The number of rotatable bonds is 2. The van der Waals surface area contributed by atoms with E-state index in [2.05, 4.69) is 5.32 Å². The average Bonchev–Trinajstić information content (AvgIpc) is 3.18. The van der Waals surface area contributed by atoms with Crippen molar-refractivity contribution >= 4 is 34.2 Å². The summed E-state index contributed by atoms with van der Waals surface area (Å²) in [4.78, 5) is 25.7. The van der Waals surface area contributed by atoms with E-state index in [9.17, 15) is 9.59 Å². The van der Waals surface area contributed by atoms with Gasteiger partial charge >= 0.3 is 0 Å². The summed E-state index contributed by atoms with van der Waals surface area (Å²) in [6.45, 7) is 2.25. The van der Waals surface area contributed by atoms with E-state index in [1.807, 2.05) is 36.4 Å². The Labute approximate surface area is 138 Å². The lowest BCUT2D eigenvalue weighted by Gasteiger charge is -2.14. The highest BCUT2D eigenvalue weighted by molar-refractivity contribution is 6.05. The molecule has 1 N–H and O–H groups in total. The second-order valence-corrected chi connectivity index (χ2v) is 5.87. The van der Waals surface area contributed by atoms with Crippen molar-refractivity contribution in [2.45, 2.75) is 13.3 Å². The number of amides is 2. The van der Waals surface area contributed by atoms with Gasteiger partial charge in [0, 0.05) is 30.2 Å². The van der Waals surface area contributed by atoms with Gasteiger partial charge in [-0.1, -0.05) is 18.2 Å². The Balaban J connectivity index is 1.57. The number of furan rings is 1. The Hall–Kier alpha value is -3.08. The number of benzene rings is 2. The van der Waals surface area contributed by atoms with E-state index in [0.29, 0.717) is 17.8 Å². The third-order valence-corrected chi connectivity index (χ3v) is 4.26. The molecule has 1 aromatic heterocycles. The highest BCUT2D eigenvalue weighted by Crippen LogP contribution is 2.30. The van der Waals surface area contributed by atoms with Crippen molar-refractivity contribution in [3.8, 4) is 0 Å². The van der Waals surface area contributed by atoms with Gasteiger partial charge in [0.2, 0.25) is 5.91 Å². The molecule has 0 aliphatic carbocycles. The summed E-state index contributed by atoms with van der Waals surface area (Å²) in [6, 6.07) is 14.8. The Morgan fingerprint density at radius 2 is 1.96 bits per heavy atom. The van der Waals surface area contributed by atoms with Crippen LogP contribution in [0.3, 0.4) is 0 Å². The van der Waals surface area contributed by atoms with Crippen LogP contribution in [-0.4, -0.2) is 18.4 Å². The maximum atomic E-state index is 12.4. The third-order valence-electron chi connectivity index (χ3n) is 4.26. The van der Waals surface area contributed by atoms with E-state index in [1.54, 1.807) is 24.0 Å². The second-order valence-electron chi connectivity index (χ2n) is 5.87. The van der Waals surface area contributed by atoms with Crippen LogP contribution >= 0.6 is 0 Å². The third kappa shape index (κ3) is 2.44. The standard InChI is InChI=1S/C19H16N2O3/c1-12(22)21-9-8-13-10-15(6-7-16(13)21)20-19(23)18-11-14-4-2-3-5-17(14)24-18/h2-7,10-11H,8-9H2,1H3,(H,20,23). The highest BCUT2D eigenvalue weighted by atomic mass is 16.3. The van der Waals surface area contributed by atoms with Gasteiger partial charge in [-0.3, -0.25) is 9.59 Å². The molecule has 1 aliphatic heterocycles. The molecule has 0 atom stereocenters. The van der Waals surface area contributed by atoms with Crippen molar-refractivity contribution in [1.82, 2.24) is 0 Å². The maximum absolute atomic E-state index is 12.4. The highest BCUT2D eigenvalue weighted by Gasteiger charge is 2.22. The number of carbonyl (C=O) groups is 2. The monoisotopic (exact) mass is 320 g/mol. The molecule has 0 saturated carbocycles. The first-order chi connectivity index (χ1) is 11.6. The smallest absolute Gasteiger partial charge is 0.291 e. The van der Waals surface area contributed by atoms with E-state index >= 15 is 0 Å². The van der Waals surface area contributed by atoms with Crippen molar-refractivity contribution in [2.75, 3.05) is 16.8 Å². The van der Waals surface area contributed by atoms with E-state index in [0.717, 1.165) is 23.1 Å². The lowest BCUT2D eigenvalue weighted by atomic mass is 10.1. The zero-order valence-electron chi connectivity index (χ0n) is 13.2. The Morgan fingerprint density at radius 1 is 1.12 bits per heavy atom. The summed E-state index contributed by atoms with van der Waals surface area (Å²) in [6.07, 6.45) is 0.795. The van der Waals surface area contributed by atoms with Gasteiger partial charge in [-0.05, 0) is 42.3 Å². The molecule has 2 amide bonds. The van der Waals surface area contributed by atoms with Crippen molar-refractivity contribution in [2.24, 2.45) is 0 Å². The van der Waals surface area contributed by atoms with Crippen LogP contribution in [0, 0.1) is 0 Å². The number of hydrogen-bond acceptors (Lipinski definition) is 3. The molecular weight excluding hydrogens is 304 g/mol. The predicted molar refractivity (Wildman–Crippen MR) is 92.3 cm³/mol.